The molecule has 0 saturated heterocycles. The zero-order chi connectivity index (χ0) is 15.4. The highest BCUT2D eigenvalue weighted by atomic mass is 35.5. The van der Waals surface area contributed by atoms with E-state index in [1.165, 1.54) is 12.0 Å². The average molecular weight is 318 g/mol. The molecule has 0 bridgehead atoms. The summed E-state index contributed by atoms with van der Waals surface area (Å²) in [6.45, 7) is 5.32. The molecule has 0 N–H and O–H groups in total. The molecular weight excluding hydrogens is 301 g/mol. The van der Waals surface area contributed by atoms with E-state index in [9.17, 15) is 9.59 Å². The number of alkyl halides is 1. The van der Waals surface area contributed by atoms with Gasteiger partial charge in [0.15, 0.2) is 0 Å². The molecule has 0 radical (unpaired) electrons. The quantitative estimate of drug-likeness (QED) is 0.633. The molecule has 0 heterocycles. The van der Waals surface area contributed by atoms with Gasteiger partial charge in [-0.25, -0.2) is 4.79 Å². The van der Waals surface area contributed by atoms with E-state index in [0.717, 1.165) is 11.1 Å². The predicted molar refractivity (Wildman–Crippen MR) is 80.6 cm³/mol. The van der Waals surface area contributed by atoms with Crippen LogP contribution in [0.1, 0.15) is 18.1 Å². The molecule has 1 unspecified atom stereocenters. The third kappa shape index (κ3) is 3.25. The molecule has 0 aromatic heterocycles. The lowest BCUT2D eigenvalue weighted by Crippen LogP contribution is -2.45. The Morgan fingerprint density at radius 1 is 1.35 bits per heavy atom. The van der Waals surface area contributed by atoms with Crippen LogP contribution in [0.15, 0.2) is 12.1 Å². The highest BCUT2D eigenvalue weighted by Crippen LogP contribution is 2.33. The van der Waals surface area contributed by atoms with E-state index in [2.05, 4.69) is 0 Å². The second kappa shape index (κ2) is 6.95. The van der Waals surface area contributed by atoms with E-state index >= 15 is 0 Å². The Morgan fingerprint density at radius 3 is 2.45 bits per heavy atom. The van der Waals surface area contributed by atoms with Crippen LogP contribution >= 0.6 is 23.2 Å². The van der Waals surface area contributed by atoms with E-state index in [-0.39, 0.29) is 5.88 Å². The largest absolute Gasteiger partial charge is 0.467 e. The van der Waals surface area contributed by atoms with Gasteiger partial charge in [0.25, 0.3) is 0 Å². The SMILES string of the molecule is COC(=O)C(C)N(C(=O)CCl)c1c(Cl)ccc(C)c1C. The maximum absolute atomic E-state index is 12.1. The fourth-order valence-electron chi connectivity index (χ4n) is 1.94. The van der Waals surface area contributed by atoms with Crippen molar-refractivity contribution in [1.82, 2.24) is 0 Å². The molecule has 0 saturated carbocycles. The molecule has 6 heteroatoms. The molecule has 4 nitrogen and oxygen atoms in total. The Bertz CT molecular complexity index is 531. The number of ether oxygens (including phenoxy) is 1. The van der Waals surface area contributed by atoms with Crippen molar-refractivity contribution < 1.29 is 14.3 Å². The lowest BCUT2D eigenvalue weighted by molar-refractivity contribution is -0.142. The molecular formula is C14H17Cl2NO3. The number of aryl methyl sites for hydroxylation is 1. The van der Waals surface area contributed by atoms with Crippen LogP contribution in [0, 0.1) is 13.8 Å². The third-order valence-corrected chi connectivity index (χ3v) is 3.74. The molecule has 0 aliphatic rings. The van der Waals surface area contributed by atoms with Gasteiger partial charge in [-0.3, -0.25) is 9.69 Å². The summed E-state index contributed by atoms with van der Waals surface area (Å²) in [5.41, 5.74) is 2.29. The van der Waals surface area contributed by atoms with E-state index < -0.39 is 17.9 Å². The molecule has 1 amide bonds. The summed E-state index contributed by atoms with van der Waals surface area (Å²) in [5.74, 6) is -1.17. The Labute approximate surface area is 128 Å². The van der Waals surface area contributed by atoms with Crippen molar-refractivity contribution in [3.05, 3.63) is 28.3 Å². The molecule has 0 aliphatic heterocycles. The van der Waals surface area contributed by atoms with Gasteiger partial charge in [-0.05, 0) is 38.0 Å². The van der Waals surface area contributed by atoms with Crippen LogP contribution in [0.3, 0.4) is 0 Å². The maximum atomic E-state index is 12.1. The first-order chi connectivity index (χ1) is 9.34. The van der Waals surface area contributed by atoms with Crippen LogP contribution in [0.25, 0.3) is 0 Å². The molecule has 1 aromatic carbocycles. The third-order valence-electron chi connectivity index (χ3n) is 3.21. The Morgan fingerprint density at radius 2 is 1.95 bits per heavy atom. The molecule has 20 heavy (non-hydrogen) atoms. The minimum atomic E-state index is -0.802. The summed E-state index contributed by atoms with van der Waals surface area (Å²) in [4.78, 5) is 25.2. The summed E-state index contributed by atoms with van der Waals surface area (Å²) >= 11 is 11.8. The monoisotopic (exact) mass is 317 g/mol. The van der Waals surface area contributed by atoms with Crippen molar-refractivity contribution in [3.63, 3.8) is 0 Å². The van der Waals surface area contributed by atoms with Crippen molar-refractivity contribution in [3.8, 4) is 0 Å². The minimum Gasteiger partial charge on any atom is -0.467 e. The number of carbonyl (C=O) groups is 2. The Balaban J connectivity index is 3.43. The van der Waals surface area contributed by atoms with Crippen molar-refractivity contribution >= 4 is 40.8 Å². The lowest BCUT2D eigenvalue weighted by atomic mass is 10.1. The first-order valence-corrected chi connectivity index (χ1v) is 6.98. The standard InChI is InChI=1S/C14H17Cl2NO3/c1-8-5-6-11(16)13(9(8)2)17(12(18)7-15)10(3)14(19)20-4/h5-6,10H,7H2,1-4H3. The van der Waals surface area contributed by atoms with Gasteiger partial charge in [0.1, 0.15) is 11.9 Å². The van der Waals surface area contributed by atoms with Gasteiger partial charge in [-0.2, -0.15) is 0 Å². The van der Waals surface area contributed by atoms with E-state index in [1.807, 2.05) is 19.9 Å². The normalized spacial score (nSPS) is 11.9. The Hall–Kier alpha value is -1.26. The average Bonchev–Trinajstić information content (AvgIpc) is 2.45. The van der Waals surface area contributed by atoms with Gasteiger partial charge in [0, 0.05) is 0 Å². The summed E-state index contributed by atoms with van der Waals surface area (Å²) in [6, 6.07) is 2.75. The van der Waals surface area contributed by atoms with Crippen molar-refractivity contribution in [1.29, 1.82) is 0 Å². The first kappa shape index (κ1) is 16.8. The highest BCUT2D eigenvalue weighted by molar-refractivity contribution is 6.35. The van der Waals surface area contributed by atoms with Crippen LogP contribution < -0.4 is 4.90 Å². The number of hydrogen-bond donors (Lipinski definition) is 0. The fourth-order valence-corrected chi connectivity index (χ4v) is 2.36. The van der Waals surface area contributed by atoms with E-state index in [1.54, 1.807) is 13.0 Å². The molecule has 0 spiro atoms. The van der Waals surface area contributed by atoms with Gasteiger partial charge >= 0.3 is 5.97 Å². The van der Waals surface area contributed by atoms with Crippen LogP contribution in [0.5, 0.6) is 0 Å². The number of methoxy groups -OCH3 is 1. The molecule has 1 aromatic rings. The van der Waals surface area contributed by atoms with Crippen molar-refractivity contribution in [2.24, 2.45) is 0 Å². The lowest BCUT2D eigenvalue weighted by Gasteiger charge is -2.29. The van der Waals surface area contributed by atoms with Gasteiger partial charge in [0.2, 0.25) is 5.91 Å². The second-order valence-electron chi connectivity index (χ2n) is 4.43. The number of carbonyl (C=O) groups excluding carboxylic acids is 2. The summed E-state index contributed by atoms with van der Waals surface area (Å²) in [7, 11) is 1.27. The highest BCUT2D eigenvalue weighted by Gasteiger charge is 2.30. The number of rotatable bonds is 4. The molecule has 0 aliphatic carbocycles. The number of anilines is 1. The van der Waals surface area contributed by atoms with Crippen molar-refractivity contribution in [2.75, 3.05) is 17.9 Å². The number of amides is 1. The van der Waals surface area contributed by atoms with Crippen molar-refractivity contribution in [2.45, 2.75) is 26.8 Å². The smallest absolute Gasteiger partial charge is 0.328 e. The summed E-state index contributed by atoms with van der Waals surface area (Å²) < 4.78 is 4.70. The second-order valence-corrected chi connectivity index (χ2v) is 5.11. The molecule has 1 atom stereocenters. The zero-order valence-electron chi connectivity index (χ0n) is 11.9. The van der Waals surface area contributed by atoms with Gasteiger partial charge in [-0.1, -0.05) is 17.7 Å². The fraction of sp³-hybridized carbons (Fsp3) is 0.429. The minimum absolute atomic E-state index is 0.245. The Kier molecular flexibility index (Phi) is 5.84. The van der Waals surface area contributed by atoms with Gasteiger partial charge < -0.3 is 4.74 Å². The number of hydrogen-bond acceptors (Lipinski definition) is 3. The number of benzene rings is 1. The topological polar surface area (TPSA) is 46.6 Å². The predicted octanol–water partition coefficient (Wildman–Crippen LogP) is 3.09. The van der Waals surface area contributed by atoms with Crippen LogP contribution in [-0.2, 0) is 14.3 Å². The molecule has 110 valence electrons. The van der Waals surface area contributed by atoms with Gasteiger partial charge in [0.05, 0.1) is 17.8 Å². The summed E-state index contributed by atoms with van der Waals surface area (Å²) in [6.07, 6.45) is 0. The molecule has 0 fully saturated rings. The van der Waals surface area contributed by atoms with Crippen LogP contribution in [0.2, 0.25) is 5.02 Å². The zero-order valence-corrected chi connectivity index (χ0v) is 13.4. The maximum Gasteiger partial charge on any atom is 0.328 e. The van der Waals surface area contributed by atoms with Gasteiger partial charge in [-0.15, -0.1) is 11.6 Å². The first-order valence-electron chi connectivity index (χ1n) is 6.06. The molecule has 1 rings (SSSR count). The number of halogens is 2. The van der Waals surface area contributed by atoms with E-state index in [0.29, 0.717) is 10.7 Å². The van der Waals surface area contributed by atoms with Crippen LogP contribution in [0.4, 0.5) is 5.69 Å². The van der Waals surface area contributed by atoms with E-state index in [4.69, 9.17) is 27.9 Å². The number of esters is 1. The van der Waals surface area contributed by atoms with Crippen LogP contribution in [-0.4, -0.2) is 30.9 Å². The summed E-state index contributed by atoms with van der Waals surface area (Å²) in [5, 5.41) is 0.391. The number of nitrogens with zero attached hydrogens (tertiary/aromatic N) is 1.